The molecule has 0 saturated heterocycles. The van der Waals surface area contributed by atoms with E-state index >= 15 is 0 Å². The number of amides is 2. The van der Waals surface area contributed by atoms with Crippen LogP contribution in [0.2, 0.25) is 0 Å². The first-order valence-electron chi connectivity index (χ1n) is 46.7. The van der Waals surface area contributed by atoms with Crippen LogP contribution in [-0.4, -0.2) is 103 Å². The number of hydrogen-bond donors (Lipinski definition) is 0. The molecule has 96 heavy (non-hydrogen) atoms. The lowest BCUT2D eigenvalue weighted by molar-refractivity contribution is -0.138. The highest BCUT2D eigenvalue weighted by atomic mass is 32.2. The third-order valence-corrected chi connectivity index (χ3v) is 15.7. The number of fused-ring (bicyclic) bond motifs is 2. The summed E-state index contributed by atoms with van der Waals surface area (Å²) in [4.78, 5) is 66.3. The number of carbonyl (C=O) groups is 2. The smallest absolute Gasteiger partial charge is 0.336 e. The zero-order chi connectivity index (χ0) is 101. The number of likely N-dealkylation sites (N-methyl/N-ethyl adjacent to an activating group) is 2. The number of halogens is 8. The highest BCUT2D eigenvalue weighted by Crippen LogP contribution is 2.36. The second-order valence-electron chi connectivity index (χ2n) is 20.4. The number of carbonyl (C=O) groups excluding carboxylic acids is 2. The Morgan fingerprint density at radius 1 is 0.573 bits per heavy atom. The van der Waals surface area contributed by atoms with Gasteiger partial charge >= 0.3 is 12.4 Å². The van der Waals surface area contributed by atoms with Crippen molar-refractivity contribution >= 4 is 35.3 Å². The molecule has 508 valence electrons. The molecule has 2 aliphatic rings. The quantitative estimate of drug-likeness (QED) is 0.0295. The van der Waals surface area contributed by atoms with Crippen molar-refractivity contribution in [2.24, 2.45) is 5.89 Å². The summed E-state index contributed by atoms with van der Waals surface area (Å²) in [7, 11) is 0. The molecule has 0 N–H and O–H groups in total. The van der Waals surface area contributed by atoms with E-state index in [-0.39, 0.29) is 58.7 Å². The van der Waals surface area contributed by atoms with Gasteiger partial charge in [-0.25, -0.2) is 8.78 Å². The molecule has 1 atom stereocenters. The van der Waals surface area contributed by atoms with E-state index in [2.05, 4.69) is 9.97 Å². The van der Waals surface area contributed by atoms with Gasteiger partial charge in [-0.2, -0.15) is 36.3 Å². The van der Waals surface area contributed by atoms with Gasteiger partial charge in [-0.05, 0) is 163 Å². The van der Waals surface area contributed by atoms with Crippen molar-refractivity contribution in [3.63, 3.8) is 0 Å². The molecule has 8 aromatic rings. The molecule has 0 saturated carbocycles. The maximum atomic E-state index is 14.8. The molecule has 6 aromatic carbocycles. The van der Waals surface area contributed by atoms with Crippen molar-refractivity contribution in [2.45, 2.75) is 134 Å². The van der Waals surface area contributed by atoms with Crippen LogP contribution in [0.25, 0.3) is 22.3 Å². The molecule has 0 aliphatic heterocycles. The van der Waals surface area contributed by atoms with Crippen LogP contribution in [0.1, 0.15) is 152 Å². The Hall–Kier alpha value is -7.92. The summed E-state index contributed by atoms with van der Waals surface area (Å²) < 4.78 is 420. The third kappa shape index (κ3) is 19.0. The molecule has 0 radical (unpaired) electrons. The van der Waals surface area contributed by atoms with Gasteiger partial charge in [0.05, 0.1) is 37.2 Å². The largest absolute Gasteiger partial charge is 0.416 e. The van der Waals surface area contributed by atoms with Gasteiger partial charge in [-0.1, -0.05) is 155 Å². The van der Waals surface area contributed by atoms with Gasteiger partial charge in [0.2, 0.25) is 11.8 Å². The third-order valence-electron chi connectivity index (χ3n) is 14.1. The molecule has 2 aliphatic carbocycles. The molecule has 0 bridgehead atoms. The monoisotopic (exact) mass is 1400 g/mol. The number of aromatic nitrogens is 4. The first kappa shape index (κ1) is 38.3. The molecule has 2 heterocycles. The van der Waals surface area contributed by atoms with Gasteiger partial charge in [0.15, 0.2) is 10.3 Å². The molecule has 10 rings (SSSR count). The summed E-state index contributed by atoms with van der Waals surface area (Å²) in [5, 5.41) is -1.60. The molecule has 12 nitrogen and oxygen atoms in total. The van der Waals surface area contributed by atoms with E-state index in [1.165, 1.54) is 36.4 Å². The van der Waals surface area contributed by atoms with Crippen LogP contribution in [0.4, 0.5) is 35.1 Å². The average Bonchev–Trinajstić information content (AvgIpc) is 1.52. The van der Waals surface area contributed by atoms with Crippen LogP contribution >= 0.6 is 23.5 Å². The van der Waals surface area contributed by atoms with E-state index in [4.69, 9.17) is 43.9 Å². The van der Waals surface area contributed by atoms with Crippen molar-refractivity contribution in [2.75, 3.05) is 52.2 Å². The Morgan fingerprint density at radius 2 is 1.03 bits per heavy atom. The number of nitrogens with zero attached hydrogens (tertiary/aromatic N) is 8. The van der Waals surface area contributed by atoms with Gasteiger partial charge in [0.1, 0.15) is 24.7 Å². The van der Waals surface area contributed by atoms with Crippen LogP contribution < -0.4 is 11.1 Å². The summed E-state index contributed by atoms with van der Waals surface area (Å²) in [6, 6.07) is -9.37. The fourth-order valence-corrected chi connectivity index (χ4v) is 10.8. The van der Waals surface area contributed by atoms with Crippen LogP contribution in [-0.2, 0) is 85.0 Å². The minimum absolute atomic E-state index is 0.0228. The highest BCUT2D eigenvalue weighted by molar-refractivity contribution is 7.98. The highest BCUT2D eigenvalue weighted by Gasteiger charge is 2.34. The van der Waals surface area contributed by atoms with Crippen LogP contribution in [0.5, 0.6) is 0 Å². The lowest BCUT2D eigenvalue weighted by Crippen LogP contribution is -2.40. The lowest BCUT2D eigenvalue weighted by atomic mass is 9.98. The standard InChI is InChI=1S/2C37H40F4N4O2S/c1-4-43(5-2)18-19-44(22-26-6-10-28(11-7-26)29-12-14-30(15-13-29)37(39,40)41)34(46)23-45-33-21-25(3)20-32(33)35(47)42-36(45)48-24-27-8-16-31(38)17-9-27;1-4-43(5-2)19-20-44(22-26-9-13-28(14-10-26)29-15-18-32(25(3)21-29)37(39,40)41)34(46)23-45-33-8-6-7-31(33)35(47)42-36(45)48-24-27-11-16-30(38)17-12-27/h6-17,25H,4-5,18-24H2,1-3H3;9-18,21H,4-8,19-20,22-24H2,1-3H3/i4D2,5D2,8D,9D,16D,17D,20D2,21D2,22D2,24D2,25D;4D2,5D2,9D,10D,11D,12D,13D,14D,15D,16D,17D,18D,21D,22D2,24D2. The molecule has 22 heteroatoms. The Bertz CT molecular complexity index is 5900. The number of thioether (sulfide) groups is 2. The van der Waals surface area contributed by atoms with E-state index < -0.39 is 312 Å². The Balaban J connectivity index is 0.000000297. The number of benzene rings is 6. The summed E-state index contributed by atoms with van der Waals surface area (Å²) in [6.45, 7) is -16.8. The first-order chi connectivity index (χ1) is 59.7. The Morgan fingerprint density at radius 3 is 1.52 bits per heavy atom. The predicted molar refractivity (Wildman–Crippen MR) is 362 cm³/mol. The second kappa shape index (κ2) is 32.9. The van der Waals surface area contributed by atoms with Crippen molar-refractivity contribution in [1.29, 1.82) is 0 Å². The normalized spacial score (nSPS) is 22.0. The topological polar surface area (TPSA) is 117 Å². The van der Waals surface area contributed by atoms with E-state index in [0.717, 1.165) is 58.2 Å². The van der Waals surface area contributed by atoms with E-state index in [9.17, 15) is 59.8 Å². The molecule has 2 amide bonds. The average molecular weight is 1400 g/mol. The van der Waals surface area contributed by atoms with Gasteiger partial charge in [0, 0.05) is 96.4 Å². The number of rotatable bonds is 26. The first-order valence-corrected chi connectivity index (χ1v) is 30.3. The van der Waals surface area contributed by atoms with Crippen LogP contribution in [0, 0.1) is 24.5 Å². The van der Waals surface area contributed by atoms with Crippen molar-refractivity contribution in [3.8, 4) is 22.3 Å². The zero-order valence-electron chi connectivity index (χ0n) is 87.5. The summed E-state index contributed by atoms with van der Waals surface area (Å²) >= 11 is -0.163. The predicted octanol–water partition coefficient (Wildman–Crippen LogP) is 15.0. The molecular weight excluding hydrogens is 1280 g/mol. The fourth-order valence-electron chi connectivity index (χ4n) is 9.40. The molecule has 0 spiro atoms. The summed E-state index contributed by atoms with van der Waals surface area (Å²) in [5.41, 5.74) is -18.9. The van der Waals surface area contributed by atoms with Gasteiger partial charge in [-0.3, -0.25) is 19.2 Å². The zero-order valence-corrected chi connectivity index (χ0v) is 53.2. The fraction of sp³-hybridized carbons (Fsp3) is 0.378. The summed E-state index contributed by atoms with van der Waals surface area (Å²) in [5.74, 6) is -8.81. The van der Waals surface area contributed by atoms with E-state index in [0.29, 0.717) is 36.2 Å². The SMILES string of the molecule is [2H]c1c([2H])c(C([2H])([2H])Sc2nc(=O)c3c(n2CC(=O)N(CCN(C([2H])([2H])C)C([2H])([2H])C)C([2H])([2H])c2c([2H])c([2H])c(-c4c([2H])c([2H])c(C(F)(F)F)c(C)c4[2H])c([2H])c2[2H])CCC3)c([2H])c([2H])c1F.[2H]c1c([2H])c(C([2H])([2H])Sc2nc(=O)c3c(n2CC(=O)N(CCN(C([2H])([2H])C)C([2H])([2H])C)C([2H])([2H])c2ccc(-c4ccc(C(F)(F)F)cc4)cc2)C([2H])([2H])C([2H])(C)C3([2H])[2H])c([2H])c([2H])c1F. The molecular formula is C74H80F8N8O4S2. The maximum Gasteiger partial charge on any atom is 0.416 e. The van der Waals surface area contributed by atoms with Crippen molar-refractivity contribution in [3.05, 3.63) is 233 Å². The minimum atomic E-state index is -5.21. The maximum absolute atomic E-state index is 14.8. The lowest BCUT2D eigenvalue weighted by Gasteiger charge is -2.28. The van der Waals surface area contributed by atoms with E-state index in [1.807, 2.05) is 0 Å². The van der Waals surface area contributed by atoms with Crippen molar-refractivity contribution < 1.29 is 94.1 Å². The van der Waals surface area contributed by atoms with Crippen LogP contribution in [0.15, 0.2) is 159 Å². The van der Waals surface area contributed by atoms with Crippen LogP contribution in [0.3, 0.4) is 0 Å². The second-order valence-corrected chi connectivity index (χ2v) is 21.9. The minimum Gasteiger partial charge on any atom is -0.336 e. The Labute approximate surface area is 614 Å². The van der Waals surface area contributed by atoms with Gasteiger partial charge in [0.25, 0.3) is 11.1 Å². The summed E-state index contributed by atoms with van der Waals surface area (Å²) in [6.07, 6.45) is -15.8. The Kier molecular flexibility index (Phi) is 13.1. The molecule has 0 fully saturated rings. The number of alkyl halides is 6. The number of hydrogen-bond acceptors (Lipinski definition) is 10. The van der Waals surface area contributed by atoms with Crippen molar-refractivity contribution in [1.82, 2.24) is 38.7 Å². The molecule has 1 unspecified atom stereocenters. The van der Waals surface area contributed by atoms with Gasteiger partial charge in [-0.15, -0.1) is 0 Å². The van der Waals surface area contributed by atoms with Gasteiger partial charge < -0.3 is 28.7 Å². The van der Waals surface area contributed by atoms with E-state index in [1.54, 1.807) is 0 Å². The molecule has 2 aromatic heterocycles.